The van der Waals surface area contributed by atoms with Gasteiger partial charge < -0.3 is 24.3 Å². The van der Waals surface area contributed by atoms with Crippen LogP contribution in [-0.2, 0) is 9.59 Å². The molecular formula is C32H31N3O6. The summed E-state index contributed by atoms with van der Waals surface area (Å²) >= 11 is 0. The number of nitrogens with zero attached hydrogens (tertiary/aromatic N) is 1. The van der Waals surface area contributed by atoms with Gasteiger partial charge >= 0.3 is 0 Å². The Morgan fingerprint density at radius 3 is 2.20 bits per heavy atom. The van der Waals surface area contributed by atoms with Crippen LogP contribution in [0.4, 0.5) is 5.69 Å². The van der Waals surface area contributed by atoms with Crippen molar-refractivity contribution in [1.82, 2.24) is 5.43 Å². The number of carbonyl (C=O) groups excluding carboxylic acids is 2. The van der Waals surface area contributed by atoms with Crippen molar-refractivity contribution in [3.05, 3.63) is 103 Å². The number of amides is 2. The molecule has 0 radical (unpaired) electrons. The van der Waals surface area contributed by atoms with Crippen LogP contribution in [0.25, 0.3) is 11.1 Å². The molecule has 4 aromatic rings. The van der Waals surface area contributed by atoms with Crippen LogP contribution < -0.4 is 29.7 Å². The van der Waals surface area contributed by atoms with Gasteiger partial charge in [-0.1, -0.05) is 54.6 Å². The van der Waals surface area contributed by atoms with Gasteiger partial charge in [-0.15, -0.1) is 0 Å². The summed E-state index contributed by atoms with van der Waals surface area (Å²) < 4.78 is 22.2. The Labute approximate surface area is 238 Å². The van der Waals surface area contributed by atoms with Gasteiger partial charge in [0.1, 0.15) is 11.5 Å². The third-order valence-corrected chi connectivity index (χ3v) is 5.74. The van der Waals surface area contributed by atoms with Crippen LogP contribution in [0.3, 0.4) is 0 Å². The Morgan fingerprint density at radius 2 is 1.44 bits per heavy atom. The van der Waals surface area contributed by atoms with Crippen molar-refractivity contribution in [2.45, 2.75) is 6.92 Å². The number of rotatable bonds is 13. The molecule has 0 heterocycles. The van der Waals surface area contributed by atoms with E-state index in [-0.39, 0.29) is 19.1 Å². The van der Waals surface area contributed by atoms with Crippen LogP contribution >= 0.6 is 0 Å². The zero-order chi connectivity index (χ0) is 28.9. The first-order chi connectivity index (χ1) is 20.1. The normalized spacial score (nSPS) is 10.6. The van der Waals surface area contributed by atoms with E-state index in [1.807, 2.05) is 67.6 Å². The van der Waals surface area contributed by atoms with Gasteiger partial charge in [0.2, 0.25) is 0 Å². The maximum Gasteiger partial charge on any atom is 0.277 e. The summed E-state index contributed by atoms with van der Waals surface area (Å²) in [5, 5.41) is 6.76. The highest BCUT2D eigenvalue weighted by atomic mass is 16.5. The first-order valence-corrected chi connectivity index (χ1v) is 13.0. The van der Waals surface area contributed by atoms with Crippen LogP contribution in [0.5, 0.6) is 23.0 Å². The molecule has 210 valence electrons. The third-order valence-electron chi connectivity index (χ3n) is 5.74. The van der Waals surface area contributed by atoms with E-state index in [2.05, 4.69) is 15.8 Å². The Kier molecular flexibility index (Phi) is 10.3. The van der Waals surface area contributed by atoms with Crippen LogP contribution in [0.15, 0.2) is 102 Å². The molecule has 2 amide bonds. The minimum atomic E-state index is -0.403. The van der Waals surface area contributed by atoms with Crippen molar-refractivity contribution in [3.63, 3.8) is 0 Å². The smallest absolute Gasteiger partial charge is 0.277 e. The van der Waals surface area contributed by atoms with Gasteiger partial charge in [-0.3, -0.25) is 9.59 Å². The molecule has 2 N–H and O–H groups in total. The molecule has 0 unspecified atom stereocenters. The summed E-state index contributed by atoms with van der Waals surface area (Å²) in [4.78, 5) is 24.6. The molecule has 41 heavy (non-hydrogen) atoms. The standard InChI is InChI=1S/C32H31N3O6/c1-3-39-30-19-23(13-18-29(30)41-21-31(36)34-27-11-7-8-12-28(27)38-2)20-33-35-32(37)22-40-26-16-14-25(15-17-26)24-9-5-4-6-10-24/h4-20H,3,21-22H2,1-2H3,(H,34,36)(H,35,37)/b33-20+. The Hall–Kier alpha value is -5.31. The van der Waals surface area contributed by atoms with Crippen LogP contribution in [0.1, 0.15) is 12.5 Å². The lowest BCUT2D eigenvalue weighted by molar-refractivity contribution is -0.123. The molecule has 4 aromatic carbocycles. The van der Waals surface area contributed by atoms with Crippen LogP contribution in [0.2, 0.25) is 0 Å². The van der Waals surface area contributed by atoms with Gasteiger partial charge in [-0.05, 0) is 66.1 Å². The molecule has 0 spiro atoms. The highest BCUT2D eigenvalue weighted by Gasteiger charge is 2.11. The molecule has 0 aliphatic heterocycles. The maximum atomic E-state index is 12.4. The summed E-state index contributed by atoms with van der Waals surface area (Å²) in [6.07, 6.45) is 1.48. The molecule has 9 nitrogen and oxygen atoms in total. The fraction of sp³-hybridized carbons (Fsp3) is 0.156. The number of ether oxygens (including phenoxy) is 4. The van der Waals surface area contributed by atoms with Gasteiger partial charge in [0.05, 0.1) is 25.6 Å². The number of hydrazone groups is 1. The van der Waals surface area contributed by atoms with Crippen molar-refractivity contribution < 1.29 is 28.5 Å². The van der Waals surface area contributed by atoms with E-state index in [4.69, 9.17) is 18.9 Å². The van der Waals surface area contributed by atoms with Crippen molar-refractivity contribution >= 4 is 23.7 Å². The summed E-state index contributed by atoms with van der Waals surface area (Å²) in [7, 11) is 1.53. The van der Waals surface area contributed by atoms with Crippen molar-refractivity contribution in [2.75, 3.05) is 32.2 Å². The van der Waals surface area contributed by atoms with Gasteiger partial charge in [0, 0.05) is 0 Å². The summed E-state index contributed by atoms with van der Waals surface area (Å²) in [5.74, 6) is 1.22. The minimum Gasteiger partial charge on any atom is -0.495 e. The fourth-order valence-electron chi connectivity index (χ4n) is 3.80. The highest BCUT2D eigenvalue weighted by Crippen LogP contribution is 2.28. The zero-order valence-electron chi connectivity index (χ0n) is 22.8. The summed E-state index contributed by atoms with van der Waals surface area (Å²) in [6, 6.07) is 29.7. The van der Waals surface area contributed by atoms with E-state index in [0.29, 0.717) is 40.9 Å². The number of benzene rings is 4. The van der Waals surface area contributed by atoms with Gasteiger partial charge in [0.25, 0.3) is 11.8 Å². The predicted molar refractivity (Wildman–Crippen MR) is 158 cm³/mol. The largest absolute Gasteiger partial charge is 0.495 e. The van der Waals surface area contributed by atoms with Crippen molar-refractivity contribution in [2.24, 2.45) is 5.10 Å². The lowest BCUT2D eigenvalue weighted by Gasteiger charge is -2.13. The molecule has 0 fully saturated rings. The second-order valence-electron chi connectivity index (χ2n) is 8.65. The van der Waals surface area contributed by atoms with Crippen LogP contribution in [-0.4, -0.2) is 45.0 Å². The fourth-order valence-corrected chi connectivity index (χ4v) is 3.80. The zero-order valence-corrected chi connectivity index (χ0v) is 22.8. The van der Waals surface area contributed by atoms with E-state index in [0.717, 1.165) is 11.1 Å². The quantitative estimate of drug-likeness (QED) is 0.172. The molecule has 0 aliphatic rings. The number of hydrogen-bond acceptors (Lipinski definition) is 7. The van der Waals surface area contributed by atoms with E-state index >= 15 is 0 Å². The highest BCUT2D eigenvalue weighted by molar-refractivity contribution is 5.93. The lowest BCUT2D eigenvalue weighted by Crippen LogP contribution is -2.24. The SMILES string of the molecule is CCOc1cc(/C=N/NC(=O)COc2ccc(-c3ccccc3)cc2)ccc1OCC(=O)Nc1ccccc1OC. The summed E-state index contributed by atoms with van der Waals surface area (Å²) in [6.45, 7) is 1.83. The Morgan fingerprint density at radius 1 is 0.732 bits per heavy atom. The van der Waals surface area contributed by atoms with Gasteiger partial charge in [0.15, 0.2) is 24.7 Å². The second kappa shape index (κ2) is 14.7. The first-order valence-electron chi connectivity index (χ1n) is 13.0. The van der Waals surface area contributed by atoms with Crippen LogP contribution in [0, 0.1) is 0 Å². The van der Waals surface area contributed by atoms with E-state index in [1.54, 1.807) is 36.4 Å². The second-order valence-corrected chi connectivity index (χ2v) is 8.65. The monoisotopic (exact) mass is 553 g/mol. The lowest BCUT2D eigenvalue weighted by atomic mass is 10.1. The molecule has 0 saturated carbocycles. The first kappa shape index (κ1) is 28.7. The average molecular weight is 554 g/mol. The number of methoxy groups -OCH3 is 1. The Balaban J connectivity index is 1.26. The van der Waals surface area contributed by atoms with Gasteiger partial charge in [-0.2, -0.15) is 5.10 Å². The predicted octanol–water partition coefficient (Wildman–Crippen LogP) is 5.31. The number of anilines is 1. The number of para-hydroxylation sites is 2. The van der Waals surface area contributed by atoms with E-state index < -0.39 is 5.91 Å². The topological polar surface area (TPSA) is 107 Å². The van der Waals surface area contributed by atoms with Crippen molar-refractivity contribution in [1.29, 1.82) is 0 Å². The van der Waals surface area contributed by atoms with E-state index in [1.165, 1.54) is 13.3 Å². The van der Waals surface area contributed by atoms with Crippen molar-refractivity contribution in [3.8, 4) is 34.1 Å². The molecule has 4 rings (SSSR count). The van der Waals surface area contributed by atoms with Gasteiger partial charge in [-0.25, -0.2) is 5.43 Å². The molecule has 0 aromatic heterocycles. The molecular weight excluding hydrogens is 522 g/mol. The molecule has 0 bridgehead atoms. The molecule has 9 heteroatoms. The molecule has 0 atom stereocenters. The number of nitrogens with one attached hydrogen (secondary N) is 2. The average Bonchev–Trinajstić information content (AvgIpc) is 3.01. The summed E-state index contributed by atoms with van der Waals surface area (Å²) in [5.41, 5.74) is 5.83. The molecule has 0 saturated heterocycles. The number of hydrogen-bond donors (Lipinski definition) is 2. The third kappa shape index (κ3) is 8.59. The number of carbonyl (C=O) groups is 2. The van der Waals surface area contributed by atoms with E-state index in [9.17, 15) is 9.59 Å². The maximum absolute atomic E-state index is 12.4. The minimum absolute atomic E-state index is 0.185. The Bertz CT molecular complexity index is 1470. The molecule has 0 aliphatic carbocycles.